The van der Waals surface area contributed by atoms with Gasteiger partial charge in [-0.2, -0.15) is 0 Å². The standard InChI is InChI=1S/C9H19NO6S/c1-10(4-6-16-7-5-11)17(13,14)8-3-9(12)15-2/h11H,3-8H2,1-2H3. The fourth-order valence-electron chi connectivity index (χ4n) is 0.969. The van der Waals surface area contributed by atoms with Crippen LogP contribution in [0.4, 0.5) is 0 Å². The number of aliphatic hydroxyl groups excluding tert-OH is 1. The minimum atomic E-state index is -3.46. The summed E-state index contributed by atoms with van der Waals surface area (Å²) in [5.74, 6) is -0.839. The number of methoxy groups -OCH3 is 1. The van der Waals surface area contributed by atoms with Crippen LogP contribution in [0, 0.1) is 0 Å². The number of ether oxygens (including phenoxy) is 2. The van der Waals surface area contributed by atoms with Gasteiger partial charge in [-0.25, -0.2) is 12.7 Å². The van der Waals surface area contributed by atoms with Crippen molar-refractivity contribution in [2.45, 2.75) is 6.42 Å². The highest BCUT2D eigenvalue weighted by Gasteiger charge is 2.19. The molecule has 102 valence electrons. The molecule has 0 unspecified atom stereocenters. The number of nitrogens with zero attached hydrogens (tertiary/aromatic N) is 1. The summed E-state index contributed by atoms with van der Waals surface area (Å²) in [6.45, 7) is 0.465. The van der Waals surface area contributed by atoms with Gasteiger partial charge in [0.2, 0.25) is 10.0 Å². The van der Waals surface area contributed by atoms with Crippen LogP contribution >= 0.6 is 0 Å². The Balaban J connectivity index is 3.99. The van der Waals surface area contributed by atoms with Crippen molar-refractivity contribution in [3.63, 3.8) is 0 Å². The van der Waals surface area contributed by atoms with Gasteiger partial charge < -0.3 is 14.6 Å². The third-order valence-electron chi connectivity index (χ3n) is 2.05. The fraction of sp³-hybridized carbons (Fsp3) is 0.889. The summed E-state index contributed by atoms with van der Waals surface area (Å²) in [6.07, 6.45) is -0.166. The number of hydrogen-bond donors (Lipinski definition) is 1. The molecule has 0 radical (unpaired) electrons. The smallest absolute Gasteiger partial charge is 0.306 e. The minimum Gasteiger partial charge on any atom is -0.469 e. The van der Waals surface area contributed by atoms with E-state index in [-0.39, 0.29) is 38.5 Å². The summed E-state index contributed by atoms with van der Waals surface area (Å²) < 4.78 is 33.7. The molecule has 0 aliphatic carbocycles. The van der Waals surface area contributed by atoms with Crippen LogP contribution in [0.1, 0.15) is 6.42 Å². The lowest BCUT2D eigenvalue weighted by Gasteiger charge is -2.16. The average Bonchev–Trinajstić information content (AvgIpc) is 2.31. The largest absolute Gasteiger partial charge is 0.469 e. The SMILES string of the molecule is COC(=O)CCS(=O)(=O)N(C)CCOCCO. The molecule has 8 heteroatoms. The third-order valence-corrected chi connectivity index (χ3v) is 3.91. The summed E-state index contributed by atoms with van der Waals surface area (Å²) in [6, 6.07) is 0. The summed E-state index contributed by atoms with van der Waals surface area (Å²) in [5.41, 5.74) is 0. The predicted molar refractivity (Wildman–Crippen MR) is 61.0 cm³/mol. The number of carbonyl (C=O) groups is 1. The van der Waals surface area contributed by atoms with E-state index in [1.165, 1.54) is 14.2 Å². The monoisotopic (exact) mass is 269 g/mol. The lowest BCUT2D eigenvalue weighted by atomic mass is 10.5. The summed E-state index contributed by atoms with van der Waals surface area (Å²) in [4.78, 5) is 10.8. The molecule has 0 saturated carbocycles. The maximum absolute atomic E-state index is 11.6. The first-order valence-electron chi connectivity index (χ1n) is 5.13. The van der Waals surface area contributed by atoms with E-state index in [1.54, 1.807) is 0 Å². The summed E-state index contributed by atoms with van der Waals surface area (Å²) >= 11 is 0. The molecule has 0 aliphatic heterocycles. The minimum absolute atomic E-state index is 0.0984. The zero-order chi connectivity index (χ0) is 13.3. The van der Waals surface area contributed by atoms with Gasteiger partial charge in [0.05, 0.1) is 39.1 Å². The van der Waals surface area contributed by atoms with Gasteiger partial charge in [0.1, 0.15) is 0 Å². The van der Waals surface area contributed by atoms with E-state index < -0.39 is 16.0 Å². The number of rotatable bonds is 9. The lowest BCUT2D eigenvalue weighted by molar-refractivity contribution is -0.140. The second-order valence-electron chi connectivity index (χ2n) is 3.30. The molecule has 0 spiro atoms. The maximum atomic E-state index is 11.6. The van der Waals surface area contributed by atoms with Crippen molar-refractivity contribution in [3.05, 3.63) is 0 Å². The highest BCUT2D eigenvalue weighted by atomic mass is 32.2. The zero-order valence-electron chi connectivity index (χ0n) is 10.1. The number of esters is 1. The van der Waals surface area contributed by atoms with E-state index >= 15 is 0 Å². The fourth-order valence-corrected chi connectivity index (χ4v) is 2.06. The number of likely N-dealkylation sites (N-methyl/N-ethyl adjacent to an activating group) is 1. The molecule has 0 saturated heterocycles. The Kier molecular flexibility index (Phi) is 8.05. The van der Waals surface area contributed by atoms with Gasteiger partial charge in [0.15, 0.2) is 0 Å². The third kappa shape index (κ3) is 7.27. The molecule has 1 N–H and O–H groups in total. The topological polar surface area (TPSA) is 93.1 Å². The van der Waals surface area contributed by atoms with Crippen LogP contribution in [-0.2, 0) is 24.3 Å². The van der Waals surface area contributed by atoms with Gasteiger partial charge in [-0.05, 0) is 0 Å². The molecule has 0 atom stereocenters. The van der Waals surface area contributed by atoms with Gasteiger partial charge >= 0.3 is 5.97 Å². The van der Waals surface area contributed by atoms with Gasteiger partial charge in [-0.15, -0.1) is 0 Å². The molecule has 17 heavy (non-hydrogen) atoms. The molecule has 0 amide bonds. The normalized spacial score (nSPS) is 11.8. The van der Waals surface area contributed by atoms with Crippen LogP contribution in [0.15, 0.2) is 0 Å². The van der Waals surface area contributed by atoms with Crippen molar-refractivity contribution in [2.24, 2.45) is 0 Å². The Labute approximate surface area is 101 Å². The van der Waals surface area contributed by atoms with Crippen molar-refractivity contribution in [3.8, 4) is 0 Å². The summed E-state index contributed by atoms with van der Waals surface area (Å²) in [5, 5.41) is 8.46. The molecular formula is C9H19NO6S. The van der Waals surface area contributed by atoms with Crippen LogP contribution in [0.3, 0.4) is 0 Å². The molecule has 0 aliphatic rings. The van der Waals surface area contributed by atoms with Gasteiger partial charge in [0.25, 0.3) is 0 Å². The number of hydrogen-bond acceptors (Lipinski definition) is 6. The Hall–Kier alpha value is -0.700. The first-order valence-corrected chi connectivity index (χ1v) is 6.74. The highest BCUT2D eigenvalue weighted by molar-refractivity contribution is 7.89. The first kappa shape index (κ1) is 16.3. The quantitative estimate of drug-likeness (QED) is 0.418. The van der Waals surface area contributed by atoms with Crippen LogP contribution in [-0.4, -0.2) is 70.1 Å². The Morgan fingerprint density at radius 3 is 2.53 bits per heavy atom. The first-order chi connectivity index (χ1) is 7.94. The van der Waals surface area contributed by atoms with E-state index in [9.17, 15) is 13.2 Å². The van der Waals surface area contributed by atoms with E-state index in [0.717, 1.165) is 4.31 Å². The van der Waals surface area contributed by atoms with Crippen molar-refractivity contribution in [1.29, 1.82) is 0 Å². The summed E-state index contributed by atoms with van der Waals surface area (Å²) in [7, 11) is -0.841. The van der Waals surface area contributed by atoms with Gasteiger partial charge in [-0.1, -0.05) is 0 Å². The van der Waals surface area contributed by atoms with Crippen LogP contribution in [0.2, 0.25) is 0 Å². The Morgan fingerprint density at radius 2 is 2.00 bits per heavy atom. The zero-order valence-corrected chi connectivity index (χ0v) is 10.9. The molecule has 7 nitrogen and oxygen atoms in total. The molecule has 0 aromatic rings. The average molecular weight is 269 g/mol. The molecule has 0 fully saturated rings. The highest BCUT2D eigenvalue weighted by Crippen LogP contribution is 2.01. The molecule has 0 aromatic heterocycles. The van der Waals surface area contributed by atoms with E-state index in [1.807, 2.05) is 0 Å². The Morgan fingerprint density at radius 1 is 1.35 bits per heavy atom. The van der Waals surface area contributed by atoms with E-state index in [0.29, 0.717) is 0 Å². The van der Waals surface area contributed by atoms with Gasteiger partial charge in [0, 0.05) is 13.6 Å². The molecule has 0 aromatic carbocycles. The molecule has 0 rings (SSSR count). The number of sulfonamides is 1. The number of carbonyl (C=O) groups excluding carboxylic acids is 1. The van der Waals surface area contributed by atoms with E-state index in [4.69, 9.17) is 9.84 Å². The molecule has 0 heterocycles. The van der Waals surface area contributed by atoms with Gasteiger partial charge in [-0.3, -0.25) is 4.79 Å². The predicted octanol–water partition coefficient (Wildman–Crippen LogP) is -1.18. The lowest BCUT2D eigenvalue weighted by Crippen LogP contribution is -2.33. The second-order valence-corrected chi connectivity index (χ2v) is 5.50. The molecular weight excluding hydrogens is 250 g/mol. The van der Waals surface area contributed by atoms with Crippen molar-refractivity contribution < 1.29 is 27.8 Å². The van der Waals surface area contributed by atoms with Crippen LogP contribution in [0.25, 0.3) is 0 Å². The van der Waals surface area contributed by atoms with E-state index in [2.05, 4.69) is 4.74 Å². The second kappa shape index (κ2) is 8.40. The van der Waals surface area contributed by atoms with Crippen LogP contribution in [0.5, 0.6) is 0 Å². The maximum Gasteiger partial charge on any atom is 0.306 e. The molecule has 0 bridgehead atoms. The van der Waals surface area contributed by atoms with Crippen molar-refractivity contribution in [2.75, 3.05) is 46.3 Å². The Bertz CT molecular complexity index is 315. The van der Waals surface area contributed by atoms with Crippen LogP contribution < -0.4 is 0 Å². The van der Waals surface area contributed by atoms with Crippen molar-refractivity contribution >= 4 is 16.0 Å². The van der Waals surface area contributed by atoms with Crippen molar-refractivity contribution in [1.82, 2.24) is 4.31 Å². The number of aliphatic hydroxyl groups is 1.